The first-order valence-electron chi connectivity index (χ1n) is 5.64. The third kappa shape index (κ3) is 3.26. The zero-order valence-corrected chi connectivity index (χ0v) is 11.4. The number of carboxylic acid groups (broad SMARTS) is 1. The third-order valence-electron chi connectivity index (χ3n) is 2.18. The van der Waals surface area contributed by atoms with Crippen molar-refractivity contribution in [3.8, 4) is 0 Å². The zero-order valence-electron chi connectivity index (χ0n) is 10.6. The average molecular weight is 265 g/mol. The van der Waals surface area contributed by atoms with Gasteiger partial charge in [-0.1, -0.05) is 38.6 Å². The van der Waals surface area contributed by atoms with Crippen LogP contribution in [0.3, 0.4) is 0 Å². The van der Waals surface area contributed by atoms with Crippen LogP contribution < -0.4 is 0 Å². The predicted molar refractivity (Wildman–Crippen MR) is 71.0 cm³/mol. The molecule has 5 heteroatoms. The summed E-state index contributed by atoms with van der Waals surface area (Å²) >= 11 is 1.55. The van der Waals surface area contributed by atoms with E-state index in [-0.39, 0.29) is 11.2 Å². The van der Waals surface area contributed by atoms with Crippen molar-refractivity contribution in [3.05, 3.63) is 23.8 Å². The zero-order chi connectivity index (χ0) is 13.3. The Morgan fingerprint density at radius 1 is 1.44 bits per heavy atom. The van der Waals surface area contributed by atoms with E-state index in [1.54, 1.807) is 30.0 Å². The number of hydrogen-bond acceptors (Lipinski definition) is 4. The number of thioether (sulfide) groups is 1. The topological polar surface area (TPSA) is 63.3 Å². The standard InChI is InChI=1S/C13H15NO3S/c1-13(2,3)18-12-14-9-6-8(7-11(15)16)4-5-10(9)17-12/h4-6H,7H2,1-3H3,(H,15,16). The molecular formula is C13H15NO3S. The third-order valence-corrected chi connectivity index (χ3v) is 3.14. The highest BCUT2D eigenvalue weighted by molar-refractivity contribution is 8.00. The number of carbonyl (C=O) groups is 1. The predicted octanol–water partition coefficient (Wildman–Crippen LogP) is 3.35. The second-order valence-electron chi connectivity index (χ2n) is 5.07. The summed E-state index contributed by atoms with van der Waals surface area (Å²) in [5, 5.41) is 9.36. The van der Waals surface area contributed by atoms with E-state index in [1.807, 2.05) is 0 Å². The maximum atomic E-state index is 10.6. The van der Waals surface area contributed by atoms with Gasteiger partial charge in [0.15, 0.2) is 5.58 Å². The molecule has 0 atom stereocenters. The molecule has 1 heterocycles. The highest BCUT2D eigenvalue weighted by Gasteiger charge is 2.17. The van der Waals surface area contributed by atoms with Gasteiger partial charge < -0.3 is 9.52 Å². The summed E-state index contributed by atoms with van der Waals surface area (Å²) in [5.74, 6) is -0.845. The highest BCUT2D eigenvalue weighted by Crippen LogP contribution is 2.33. The second kappa shape index (κ2) is 4.65. The summed E-state index contributed by atoms with van der Waals surface area (Å²) in [7, 11) is 0. The minimum absolute atomic E-state index is 0.00451. The first-order chi connectivity index (χ1) is 8.33. The van der Waals surface area contributed by atoms with Crippen molar-refractivity contribution >= 4 is 28.8 Å². The molecular weight excluding hydrogens is 250 g/mol. The Hall–Kier alpha value is -1.49. The number of nitrogens with zero attached hydrogens (tertiary/aromatic N) is 1. The molecule has 0 radical (unpaired) electrons. The van der Waals surface area contributed by atoms with Crippen LogP contribution in [0.4, 0.5) is 0 Å². The van der Waals surface area contributed by atoms with Crippen LogP contribution in [-0.2, 0) is 11.2 Å². The van der Waals surface area contributed by atoms with Crippen molar-refractivity contribution < 1.29 is 14.3 Å². The summed E-state index contributed by atoms with van der Waals surface area (Å²) in [6, 6.07) is 5.29. The molecule has 0 bridgehead atoms. The van der Waals surface area contributed by atoms with Crippen molar-refractivity contribution in [2.24, 2.45) is 0 Å². The fourth-order valence-corrected chi connectivity index (χ4v) is 2.34. The van der Waals surface area contributed by atoms with E-state index in [0.717, 1.165) is 5.56 Å². The van der Waals surface area contributed by atoms with Gasteiger partial charge in [-0.2, -0.15) is 0 Å². The molecule has 0 aliphatic heterocycles. The lowest BCUT2D eigenvalue weighted by atomic mass is 10.1. The molecule has 2 aromatic rings. The van der Waals surface area contributed by atoms with E-state index in [1.165, 1.54) is 0 Å². The minimum Gasteiger partial charge on any atom is -0.481 e. The molecule has 4 nitrogen and oxygen atoms in total. The molecule has 0 fully saturated rings. The van der Waals surface area contributed by atoms with Crippen molar-refractivity contribution in [2.45, 2.75) is 37.2 Å². The van der Waals surface area contributed by atoms with Gasteiger partial charge in [-0.3, -0.25) is 4.79 Å². The van der Waals surface area contributed by atoms with Gasteiger partial charge in [-0.15, -0.1) is 0 Å². The Morgan fingerprint density at radius 2 is 2.17 bits per heavy atom. The summed E-state index contributed by atoms with van der Waals surface area (Å²) in [5.41, 5.74) is 2.13. The van der Waals surface area contributed by atoms with Crippen LogP contribution in [0.5, 0.6) is 0 Å². The fraction of sp³-hybridized carbons (Fsp3) is 0.385. The van der Waals surface area contributed by atoms with Crippen molar-refractivity contribution in [1.82, 2.24) is 4.98 Å². The van der Waals surface area contributed by atoms with Gasteiger partial charge in [-0.25, -0.2) is 4.98 Å². The Kier molecular flexibility index (Phi) is 3.34. The first kappa shape index (κ1) is 13.0. The summed E-state index contributed by atoms with van der Waals surface area (Å²) < 4.78 is 5.64. The van der Waals surface area contributed by atoms with E-state index in [4.69, 9.17) is 9.52 Å². The Labute approximate surface area is 109 Å². The molecule has 0 amide bonds. The molecule has 2 rings (SSSR count). The van der Waals surface area contributed by atoms with Gasteiger partial charge in [0.1, 0.15) is 5.52 Å². The first-order valence-corrected chi connectivity index (χ1v) is 6.45. The molecule has 1 aromatic heterocycles. The highest BCUT2D eigenvalue weighted by atomic mass is 32.2. The Morgan fingerprint density at radius 3 is 2.78 bits per heavy atom. The second-order valence-corrected chi connectivity index (χ2v) is 6.84. The van der Waals surface area contributed by atoms with Crippen LogP contribution in [0.1, 0.15) is 26.3 Å². The molecule has 0 spiro atoms. The van der Waals surface area contributed by atoms with Crippen LogP contribution in [0.15, 0.2) is 27.8 Å². The number of aromatic nitrogens is 1. The van der Waals surface area contributed by atoms with Crippen LogP contribution >= 0.6 is 11.8 Å². The van der Waals surface area contributed by atoms with Crippen molar-refractivity contribution in [1.29, 1.82) is 0 Å². The van der Waals surface area contributed by atoms with Gasteiger partial charge in [-0.05, 0) is 17.7 Å². The number of benzene rings is 1. The summed E-state index contributed by atoms with van der Waals surface area (Å²) in [6.45, 7) is 6.26. The summed E-state index contributed by atoms with van der Waals surface area (Å²) in [4.78, 5) is 15.0. The van der Waals surface area contributed by atoms with Crippen molar-refractivity contribution in [2.75, 3.05) is 0 Å². The molecule has 96 valence electrons. The van der Waals surface area contributed by atoms with Crippen LogP contribution in [0.25, 0.3) is 11.1 Å². The number of rotatable bonds is 3. The van der Waals surface area contributed by atoms with Gasteiger partial charge in [0.05, 0.1) is 6.42 Å². The summed E-state index contributed by atoms with van der Waals surface area (Å²) in [6.07, 6.45) is 0.00451. The molecule has 1 aromatic carbocycles. The largest absolute Gasteiger partial charge is 0.481 e. The average Bonchev–Trinajstić information content (AvgIpc) is 2.54. The Balaban J connectivity index is 2.31. The smallest absolute Gasteiger partial charge is 0.307 e. The molecule has 0 aliphatic rings. The van der Waals surface area contributed by atoms with Crippen LogP contribution in [0.2, 0.25) is 0 Å². The van der Waals surface area contributed by atoms with Gasteiger partial charge in [0.25, 0.3) is 5.22 Å². The maximum Gasteiger partial charge on any atom is 0.307 e. The van der Waals surface area contributed by atoms with E-state index < -0.39 is 5.97 Å². The van der Waals surface area contributed by atoms with E-state index in [2.05, 4.69) is 25.8 Å². The number of fused-ring (bicyclic) bond motifs is 1. The molecule has 0 saturated carbocycles. The van der Waals surface area contributed by atoms with Gasteiger partial charge >= 0.3 is 5.97 Å². The number of carboxylic acids is 1. The molecule has 0 unspecified atom stereocenters. The van der Waals surface area contributed by atoms with Crippen molar-refractivity contribution in [3.63, 3.8) is 0 Å². The molecule has 0 aliphatic carbocycles. The van der Waals surface area contributed by atoms with Gasteiger partial charge in [0, 0.05) is 4.75 Å². The van der Waals surface area contributed by atoms with E-state index >= 15 is 0 Å². The number of hydrogen-bond donors (Lipinski definition) is 1. The number of aliphatic carboxylic acids is 1. The fourth-order valence-electron chi connectivity index (χ4n) is 1.54. The van der Waals surface area contributed by atoms with Gasteiger partial charge in [0.2, 0.25) is 0 Å². The molecule has 1 N–H and O–H groups in total. The van der Waals surface area contributed by atoms with E-state index in [0.29, 0.717) is 16.3 Å². The van der Waals surface area contributed by atoms with Crippen LogP contribution in [-0.4, -0.2) is 20.8 Å². The quantitative estimate of drug-likeness (QED) is 0.862. The lowest BCUT2D eigenvalue weighted by Gasteiger charge is -2.13. The monoisotopic (exact) mass is 265 g/mol. The normalized spacial score (nSPS) is 11.9. The lowest BCUT2D eigenvalue weighted by Crippen LogP contribution is -2.06. The Bertz CT molecular complexity index is 583. The number of oxazole rings is 1. The molecule has 0 saturated heterocycles. The van der Waals surface area contributed by atoms with Crippen LogP contribution in [0, 0.1) is 0 Å². The lowest BCUT2D eigenvalue weighted by molar-refractivity contribution is -0.136. The minimum atomic E-state index is -0.845. The SMILES string of the molecule is CC(C)(C)Sc1nc2cc(CC(=O)O)ccc2o1. The molecule has 18 heavy (non-hydrogen) atoms. The maximum absolute atomic E-state index is 10.6. The van der Waals surface area contributed by atoms with E-state index in [9.17, 15) is 4.79 Å².